The molecule has 26 heavy (non-hydrogen) atoms. The lowest BCUT2D eigenvalue weighted by atomic mass is 10.0. The Morgan fingerprint density at radius 1 is 1.00 bits per heavy atom. The third kappa shape index (κ3) is 4.85. The summed E-state index contributed by atoms with van der Waals surface area (Å²) in [5.41, 5.74) is 5.74. The summed E-state index contributed by atoms with van der Waals surface area (Å²) in [6.07, 6.45) is 0.207. The normalized spacial score (nSPS) is 10.5. The van der Waals surface area contributed by atoms with Crippen molar-refractivity contribution < 1.29 is 9.59 Å². The largest absolute Gasteiger partial charge is 0.326 e. The number of nitrogens with one attached hydrogen (secondary N) is 1. The predicted octanol–water partition coefficient (Wildman–Crippen LogP) is 4.96. The Morgan fingerprint density at radius 3 is 2.19 bits per heavy atom. The highest BCUT2D eigenvalue weighted by molar-refractivity contribution is 6.31. The van der Waals surface area contributed by atoms with Gasteiger partial charge in [-0.3, -0.25) is 9.59 Å². The van der Waals surface area contributed by atoms with Gasteiger partial charge in [-0.25, -0.2) is 0 Å². The van der Waals surface area contributed by atoms with Gasteiger partial charge in [0, 0.05) is 36.3 Å². The highest BCUT2D eigenvalue weighted by Gasteiger charge is 2.18. The SMILES string of the molecule is CC(=O)N(CCC(=O)Nc1cc(Cl)ccc1C)c1c(C)cc(C)cc1C. The first kappa shape index (κ1) is 20.0. The van der Waals surface area contributed by atoms with E-state index in [0.29, 0.717) is 17.3 Å². The highest BCUT2D eigenvalue weighted by Crippen LogP contribution is 2.27. The highest BCUT2D eigenvalue weighted by atomic mass is 35.5. The zero-order chi connectivity index (χ0) is 19.4. The number of amides is 2. The minimum atomic E-state index is -0.149. The number of carbonyl (C=O) groups excluding carboxylic acids is 2. The van der Waals surface area contributed by atoms with Crippen molar-refractivity contribution in [1.82, 2.24) is 0 Å². The van der Waals surface area contributed by atoms with Gasteiger partial charge in [0.15, 0.2) is 0 Å². The van der Waals surface area contributed by atoms with Gasteiger partial charge in [-0.2, -0.15) is 0 Å². The maximum absolute atomic E-state index is 12.4. The standard InChI is InChI=1S/C21H25ClN2O2/c1-13-10-15(3)21(16(4)11-13)24(17(5)25)9-8-20(26)23-19-12-18(22)7-6-14(19)2/h6-7,10-12H,8-9H2,1-5H3,(H,23,26). The van der Waals surface area contributed by atoms with Gasteiger partial charge in [-0.15, -0.1) is 0 Å². The van der Waals surface area contributed by atoms with E-state index in [0.717, 1.165) is 27.9 Å². The topological polar surface area (TPSA) is 49.4 Å². The predicted molar refractivity (Wildman–Crippen MR) is 108 cm³/mol. The maximum atomic E-state index is 12.4. The van der Waals surface area contributed by atoms with Crippen LogP contribution in [-0.2, 0) is 9.59 Å². The number of aryl methyl sites for hydroxylation is 4. The summed E-state index contributed by atoms with van der Waals surface area (Å²) in [5.74, 6) is -0.226. The van der Waals surface area contributed by atoms with Gasteiger partial charge >= 0.3 is 0 Å². The number of halogens is 1. The minimum Gasteiger partial charge on any atom is -0.326 e. The van der Waals surface area contributed by atoms with E-state index >= 15 is 0 Å². The van der Waals surface area contributed by atoms with Crippen LogP contribution in [0, 0.1) is 27.7 Å². The molecule has 2 aromatic carbocycles. The van der Waals surface area contributed by atoms with Crippen LogP contribution in [0.1, 0.15) is 35.6 Å². The van der Waals surface area contributed by atoms with Crippen LogP contribution in [0.15, 0.2) is 30.3 Å². The Kier molecular flexibility index (Phi) is 6.43. The second-order valence-electron chi connectivity index (χ2n) is 6.68. The van der Waals surface area contributed by atoms with Crippen molar-refractivity contribution in [2.24, 2.45) is 0 Å². The molecule has 2 rings (SSSR count). The van der Waals surface area contributed by atoms with Gasteiger partial charge in [-0.05, 0) is 56.5 Å². The molecule has 0 bridgehead atoms. The third-order valence-corrected chi connectivity index (χ3v) is 4.56. The van der Waals surface area contributed by atoms with E-state index in [4.69, 9.17) is 11.6 Å². The molecule has 138 valence electrons. The van der Waals surface area contributed by atoms with Crippen molar-refractivity contribution in [2.45, 2.75) is 41.0 Å². The number of nitrogens with zero attached hydrogens (tertiary/aromatic N) is 1. The van der Waals surface area contributed by atoms with Gasteiger partial charge in [0.2, 0.25) is 11.8 Å². The molecule has 0 spiro atoms. The van der Waals surface area contributed by atoms with Gasteiger partial charge in [0.05, 0.1) is 0 Å². The summed E-state index contributed by atoms with van der Waals surface area (Å²) in [6, 6.07) is 9.47. The zero-order valence-electron chi connectivity index (χ0n) is 15.9. The Hall–Kier alpha value is -2.33. The molecule has 0 aliphatic carbocycles. The summed E-state index contributed by atoms with van der Waals surface area (Å²) in [7, 11) is 0. The Bertz CT molecular complexity index is 823. The van der Waals surface area contributed by atoms with Gasteiger partial charge in [0.1, 0.15) is 0 Å². The third-order valence-electron chi connectivity index (χ3n) is 4.32. The van der Waals surface area contributed by atoms with Crippen molar-refractivity contribution in [2.75, 3.05) is 16.8 Å². The van der Waals surface area contributed by atoms with Crippen molar-refractivity contribution >= 4 is 34.8 Å². The van der Waals surface area contributed by atoms with Crippen LogP contribution in [0.2, 0.25) is 5.02 Å². The number of rotatable bonds is 5. The summed E-state index contributed by atoms with van der Waals surface area (Å²) in [5, 5.41) is 3.45. The molecule has 0 fully saturated rings. The van der Waals surface area contributed by atoms with Crippen LogP contribution in [0.25, 0.3) is 0 Å². The van der Waals surface area contributed by atoms with E-state index in [1.165, 1.54) is 6.92 Å². The van der Waals surface area contributed by atoms with Crippen molar-refractivity contribution in [1.29, 1.82) is 0 Å². The van der Waals surface area contributed by atoms with Crippen molar-refractivity contribution in [3.8, 4) is 0 Å². The molecule has 0 heterocycles. The molecule has 0 atom stereocenters. The molecular weight excluding hydrogens is 348 g/mol. The first-order valence-electron chi connectivity index (χ1n) is 8.61. The summed E-state index contributed by atoms with van der Waals surface area (Å²) < 4.78 is 0. The van der Waals surface area contributed by atoms with E-state index in [1.807, 2.05) is 45.9 Å². The molecule has 2 amide bonds. The molecule has 0 unspecified atom stereocenters. The fraction of sp³-hybridized carbons (Fsp3) is 0.333. The zero-order valence-corrected chi connectivity index (χ0v) is 16.7. The molecule has 5 heteroatoms. The molecule has 0 saturated carbocycles. The lowest BCUT2D eigenvalue weighted by Crippen LogP contribution is -2.33. The second-order valence-corrected chi connectivity index (χ2v) is 7.11. The van der Waals surface area contributed by atoms with Crippen LogP contribution < -0.4 is 10.2 Å². The number of hydrogen-bond acceptors (Lipinski definition) is 2. The number of anilines is 2. The van der Waals surface area contributed by atoms with Crippen LogP contribution >= 0.6 is 11.6 Å². The van der Waals surface area contributed by atoms with Gasteiger partial charge in [0.25, 0.3) is 0 Å². The monoisotopic (exact) mass is 372 g/mol. The summed E-state index contributed by atoms with van der Waals surface area (Å²) >= 11 is 5.99. The molecule has 1 N–H and O–H groups in total. The molecular formula is C21H25ClN2O2. The molecule has 0 aromatic heterocycles. The molecule has 4 nitrogen and oxygen atoms in total. The van der Waals surface area contributed by atoms with E-state index in [1.54, 1.807) is 17.0 Å². The fourth-order valence-electron chi connectivity index (χ4n) is 3.18. The van der Waals surface area contributed by atoms with Crippen molar-refractivity contribution in [3.05, 3.63) is 57.6 Å². The van der Waals surface area contributed by atoms with Crippen LogP contribution in [0.5, 0.6) is 0 Å². The molecule has 0 saturated heterocycles. The summed E-state index contributed by atoms with van der Waals surface area (Å²) in [4.78, 5) is 26.2. The lowest BCUT2D eigenvalue weighted by molar-refractivity contribution is -0.117. The second kappa shape index (κ2) is 8.37. The van der Waals surface area contributed by atoms with Crippen molar-refractivity contribution in [3.63, 3.8) is 0 Å². The van der Waals surface area contributed by atoms with E-state index in [-0.39, 0.29) is 18.2 Å². The van der Waals surface area contributed by atoms with E-state index in [2.05, 4.69) is 5.32 Å². The molecule has 0 aliphatic rings. The lowest BCUT2D eigenvalue weighted by Gasteiger charge is -2.25. The van der Waals surface area contributed by atoms with E-state index in [9.17, 15) is 9.59 Å². The van der Waals surface area contributed by atoms with Gasteiger partial charge < -0.3 is 10.2 Å². The Labute approximate surface area is 160 Å². The minimum absolute atomic E-state index is 0.0770. The quantitative estimate of drug-likeness (QED) is 0.806. The fourth-order valence-corrected chi connectivity index (χ4v) is 3.35. The van der Waals surface area contributed by atoms with Crippen LogP contribution in [-0.4, -0.2) is 18.4 Å². The van der Waals surface area contributed by atoms with Crippen LogP contribution in [0.4, 0.5) is 11.4 Å². The molecule has 0 radical (unpaired) electrons. The summed E-state index contributed by atoms with van der Waals surface area (Å²) in [6.45, 7) is 9.76. The average molecular weight is 373 g/mol. The number of hydrogen-bond donors (Lipinski definition) is 1. The Balaban J connectivity index is 2.13. The van der Waals surface area contributed by atoms with E-state index < -0.39 is 0 Å². The van der Waals surface area contributed by atoms with Crippen LogP contribution in [0.3, 0.4) is 0 Å². The average Bonchev–Trinajstić information content (AvgIpc) is 2.52. The maximum Gasteiger partial charge on any atom is 0.226 e. The first-order chi connectivity index (χ1) is 12.2. The smallest absolute Gasteiger partial charge is 0.226 e. The number of carbonyl (C=O) groups is 2. The molecule has 0 aliphatic heterocycles. The number of benzene rings is 2. The first-order valence-corrected chi connectivity index (χ1v) is 8.98. The molecule has 2 aromatic rings. The Morgan fingerprint density at radius 2 is 1.62 bits per heavy atom. The van der Waals surface area contributed by atoms with Gasteiger partial charge in [-0.1, -0.05) is 35.4 Å².